The lowest BCUT2D eigenvalue weighted by Crippen LogP contribution is -2.25. The highest BCUT2D eigenvalue weighted by molar-refractivity contribution is 6.02. The van der Waals surface area contributed by atoms with Crippen LogP contribution in [-0.4, -0.2) is 30.2 Å². The van der Waals surface area contributed by atoms with E-state index in [1.807, 2.05) is 12.1 Å². The average Bonchev–Trinajstić information content (AvgIpc) is 2.94. The Morgan fingerprint density at radius 1 is 1.29 bits per heavy atom. The molecule has 0 aliphatic carbocycles. The number of aromatic nitrogens is 1. The SMILES string of the molecule is Cc1nc(C)c(C(=O)Nc2ccc(OCC3CCCCO3)cc2)o1. The van der Waals surface area contributed by atoms with Crippen molar-refractivity contribution in [1.82, 2.24) is 4.98 Å². The van der Waals surface area contributed by atoms with Crippen LogP contribution in [0.15, 0.2) is 28.7 Å². The highest BCUT2D eigenvalue weighted by atomic mass is 16.5. The molecule has 1 atom stereocenters. The Hall–Kier alpha value is -2.34. The van der Waals surface area contributed by atoms with Crippen LogP contribution in [-0.2, 0) is 4.74 Å². The van der Waals surface area contributed by atoms with E-state index in [9.17, 15) is 4.79 Å². The molecule has 1 aliphatic heterocycles. The topological polar surface area (TPSA) is 73.6 Å². The number of ether oxygens (including phenoxy) is 2. The number of benzene rings is 1. The van der Waals surface area contributed by atoms with Crippen molar-refractivity contribution in [2.24, 2.45) is 0 Å². The second-order valence-electron chi connectivity index (χ2n) is 5.93. The molecular weight excluding hydrogens is 308 g/mol. The van der Waals surface area contributed by atoms with Crippen LogP contribution in [0.25, 0.3) is 0 Å². The van der Waals surface area contributed by atoms with Crippen LogP contribution in [0, 0.1) is 13.8 Å². The van der Waals surface area contributed by atoms with Crippen molar-refractivity contribution >= 4 is 11.6 Å². The van der Waals surface area contributed by atoms with Gasteiger partial charge < -0.3 is 19.2 Å². The number of amides is 1. The lowest BCUT2D eigenvalue weighted by Gasteiger charge is -2.22. The fourth-order valence-electron chi connectivity index (χ4n) is 2.69. The second-order valence-corrected chi connectivity index (χ2v) is 5.93. The van der Waals surface area contributed by atoms with Crippen molar-refractivity contribution in [3.63, 3.8) is 0 Å². The molecule has 0 saturated carbocycles. The predicted octanol–water partition coefficient (Wildman–Crippen LogP) is 3.49. The molecule has 2 heterocycles. The van der Waals surface area contributed by atoms with Gasteiger partial charge in [-0.15, -0.1) is 0 Å². The molecule has 128 valence electrons. The number of carbonyl (C=O) groups excluding carboxylic acids is 1. The summed E-state index contributed by atoms with van der Waals surface area (Å²) < 4.78 is 16.7. The molecule has 1 aliphatic rings. The molecule has 0 spiro atoms. The lowest BCUT2D eigenvalue weighted by atomic mass is 10.1. The minimum absolute atomic E-state index is 0.177. The summed E-state index contributed by atoms with van der Waals surface area (Å²) in [6.07, 6.45) is 3.55. The average molecular weight is 330 g/mol. The fraction of sp³-hybridized carbons (Fsp3) is 0.444. The van der Waals surface area contributed by atoms with Crippen LogP contribution in [0.1, 0.15) is 41.4 Å². The zero-order chi connectivity index (χ0) is 16.9. The number of nitrogens with one attached hydrogen (secondary N) is 1. The maximum Gasteiger partial charge on any atom is 0.293 e. The number of hydrogen-bond acceptors (Lipinski definition) is 5. The summed E-state index contributed by atoms with van der Waals surface area (Å²) in [6, 6.07) is 7.26. The Morgan fingerprint density at radius 2 is 2.08 bits per heavy atom. The van der Waals surface area contributed by atoms with Gasteiger partial charge in [-0.2, -0.15) is 0 Å². The summed E-state index contributed by atoms with van der Waals surface area (Å²) in [5, 5.41) is 2.79. The fourth-order valence-corrected chi connectivity index (χ4v) is 2.69. The molecule has 1 saturated heterocycles. The first-order valence-corrected chi connectivity index (χ1v) is 8.21. The Labute approximate surface area is 141 Å². The summed E-state index contributed by atoms with van der Waals surface area (Å²) >= 11 is 0. The number of hydrogen-bond donors (Lipinski definition) is 1. The van der Waals surface area contributed by atoms with Crippen LogP contribution in [0.2, 0.25) is 0 Å². The highest BCUT2D eigenvalue weighted by Crippen LogP contribution is 2.19. The van der Waals surface area contributed by atoms with Crippen molar-refractivity contribution in [2.75, 3.05) is 18.5 Å². The molecular formula is C18H22N2O4. The highest BCUT2D eigenvalue weighted by Gasteiger charge is 2.16. The van der Waals surface area contributed by atoms with E-state index in [2.05, 4.69) is 10.3 Å². The van der Waals surface area contributed by atoms with Crippen molar-refractivity contribution < 1.29 is 18.7 Å². The van der Waals surface area contributed by atoms with Gasteiger partial charge in [0.1, 0.15) is 12.4 Å². The van der Waals surface area contributed by atoms with E-state index in [-0.39, 0.29) is 17.8 Å². The van der Waals surface area contributed by atoms with E-state index in [4.69, 9.17) is 13.9 Å². The number of carbonyl (C=O) groups is 1. The van der Waals surface area contributed by atoms with Gasteiger partial charge in [-0.05, 0) is 50.5 Å². The molecule has 1 aromatic heterocycles. The first kappa shape index (κ1) is 16.5. The third kappa shape index (κ3) is 4.14. The van der Waals surface area contributed by atoms with Crippen molar-refractivity contribution in [2.45, 2.75) is 39.2 Å². The lowest BCUT2D eigenvalue weighted by molar-refractivity contribution is -0.0110. The van der Waals surface area contributed by atoms with Crippen LogP contribution in [0.3, 0.4) is 0 Å². The molecule has 6 nitrogen and oxygen atoms in total. The van der Waals surface area contributed by atoms with Crippen molar-refractivity contribution in [1.29, 1.82) is 0 Å². The van der Waals surface area contributed by atoms with E-state index in [1.54, 1.807) is 26.0 Å². The zero-order valence-corrected chi connectivity index (χ0v) is 14.0. The molecule has 1 N–H and O–H groups in total. The molecule has 24 heavy (non-hydrogen) atoms. The molecule has 1 unspecified atom stereocenters. The van der Waals surface area contributed by atoms with Crippen LogP contribution in [0.5, 0.6) is 5.75 Å². The second kappa shape index (κ2) is 7.49. The van der Waals surface area contributed by atoms with Gasteiger partial charge in [0.15, 0.2) is 5.89 Å². The predicted molar refractivity (Wildman–Crippen MR) is 89.5 cm³/mol. The van der Waals surface area contributed by atoms with E-state index in [0.29, 0.717) is 23.9 Å². The summed E-state index contributed by atoms with van der Waals surface area (Å²) in [6.45, 7) is 4.84. The summed E-state index contributed by atoms with van der Waals surface area (Å²) in [7, 11) is 0. The smallest absolute Gasteiger partial charge is 0.293 e. The minimum atomic E-state index is -0.308. The number of oxazole rings is 1. The molecule has 0 bridgehead atoms. The summed E-state index contributed by atoms with van der Waals surface area (Å²) in [5.41, 5.74) is 1.26. The summed E-state index contributed by atoms with van der Waals surface area (Å²) in [5.74, 6) is 1.17. The molecule has 0 radical (unpaired) electrons. The Balaban J connectivity index is 1.54. The maximum absolute atomic E-state index is 12.2. The molecule has 1 amide bonds. The van der Waals surface area contributed by atoms with Gasteiger partial charge in [-0.25, -0.2) is 4.98 Å². The number of anilines is 1. The molecule has 1 aromatic carbocycles. The third-order valence-corrected chi connectivity index (χ3v) is 3.93. The largest absolute Gasteiger partial charge is 0.491 e. The molecule has 6 heteroatoms. The molecule has 2 aromatic rings. The standard InChI is InChI=1S/C18H22N2O4/c1-12-17(24-13(2)19-12)18(21)20-14-6-8-15(9-7-14)23-11-16-5-3-4-10-22-16/h6-9,16H,3-5,10-11H2,1-2H3,(H,20,21). The minimum Gasteiger partial charge on any atom is -0.491 e. The van der Waals surface area contributed by atoms with Gasteiger partial charge >= 0.3 is 0 Å². The van der Waals surface area contributed by atoms with Gasteiger partial charge in [-0.1, -0.05) is 0 Å². The Bertz CT molecular complexity index is 688. The molecule has 1 fully saturated rings. The Kier molecular flexibility index (Phi) is 5.15. The van der Waals surface area contributed by atoms with Crippen molar-refractivity contribution in [3.8, 4) is 5.75 Å². The number of nitrogens with zero attached hydrogens (tertiary/aromatic N) is 1. The van der Waals surface area contributed by atoms with Crippen LogP contribution >= 0.6 is 0 Å². The van der Waals surface area contributed by atoms with E-state index < -0.39 is 0 Å². The van der Waals surface area contributed by atoms with Gasteiger partial charge in [-0.3, -0.25) is 4.79 Å². The first-order chi connectivity index (χ1) is 11.6. The van der Waals surface area contributed by atoms with E-state index in [0.717, 1.165) is 25.2 Å². The van der Waals surface area contributed by atoms with E-state index in [1.165, 1.54) is 6.42 Å². The van der Waals surface area contributed by atoms with E-state index >= 15 is 0 Å². The van der Waals surface area contributed by atoms with Crippen LogP contribution in [0.4, 0.5) is 5.69 Å². The quantitative estimate of drug-likeness (QED) is 0.908. The number of aryl methyl sites for hydroxylation is 2. The Morgan fingerprint density at radius 3 is 2.71 bits per heavy atom. The normalized spacial score (nSPS) is 17.5. The zero-order valence-electron chi connectivity index (χ0n) is 14.0. The van der Waals surface area contributed by atoms with Gasteiger partial charge in [0.05, 0.1) is 11.8 Å². The molecule has 3 rings (SSSR count). The van der Waals surface area contributed by atoms with Gasteiger partial charge in [0, 0.05) is 19.2 Å². The monoisotopic (exact) mass is 330 g/mol. The van der Waals surface area contributed by atoms with Gasteiger partial charge in [0.2, 0.25) is 5.76 Å². The first-order valence-electron chi connectivity index (χ1n) is 8.21. The number of rotatable bonds is 5. The maximum atomic E-state index is 12.2. The van der Waals surface area contributed by atoms with Gasteiger partial charge in [0.25, 0.3) is 5.91 Å². The van der Waals surface area contributed by atoms with Crippen molar-refractivity contribution in [3.05, 3.63) is 41.6 Å². The summed E-state index contributed by atoms with van der Waals surface area (Å²) in [4.78, 5) is 16.3. The van der Waals surface area contributed by atoms with Crippen LogP contribution < -0.4 is 10.1 Å². The third-order valence-electron chi connectivity index (χ3n) is 3.93.